The maximum atomic E-state index is 12.1. The number of carbonyl (C=O) groups is 2. The predicted octanol–water partition coefficient (Wildman–Crippen LogP) is 2.89. The lowest BCUT2D eigenvalue weighted by molar-refractivity contribution is -0.113. The van der Waals surface area contributed by atoms with Gasteiger partial charge in [-0.15, -0.1) is 21.5 Å². The summed E-state index contributed by atoms with van der Waals surface area (Å²) in [7, 11) is 0. The van der Waals surface area contributed by atoms with Crippen LogP contribution < -0.4 is 5.32 Å². The van der Waals surface area contributed by atoms with Gasteiger partial charge in [0.1, 0.15) is 11.2 Å². The number of hydrogen-bond acceptors (Lipinski definition) is 7. The Morgan fingerprint density at radius 1 is 1.50 bits per heavy atom. The summed E-state index contributed by atoms with van der Waals surface area (Å²) in [5.41, 5.74) is 0.801. The predicted molar refractivity (Wildman–Crippen MR) is 92.7 cm³/mol. The van der Waals surface area contributed by atoms with Crippen LogP contribution >= 0.6 is 23.1 Å². The molecule has 1 amide bonds. The van der Waals surface area contributed by atoms with Gasteiger partial charge in [-0.1, -0.05) is 11.8 Å². The first kappa shape index (κ1) is 17.0. The van der Waals surface area contributed by atoms with E-state index >= 15 is 0 Å². The van der Waals surface area contributed by atoms with Gasteiger partial charge >= 0.3 is 5.97 Å². The first-order valence-corrected chi connectivity index (χ1v) is 9.48. The molecule has 0 saturated heterocycles. The first-order valence-electron chi connectivity index (χ1n) is 7.68. The summed E-state index contributed by atoms with van der Waals surface area (Å²) in [5, 5.41) is 12.2. The lowest BCUT2D eigenvalue weighted by atomic mass is 10.3. The van der Waals surface area contributed by atoms with E-state index in [2.05, 4.69) is 15.5 Å². The van der Waals surface area contributed by atoms with E-state index in [-0.39, 0.29) is 17.6 Å². The van der Waals surface area contributed by atoms with E-state index in [4.69, 9.17) is 4.74 Å². The van der Waals surface area contributed by atoms with Gasteiger partial charge in [0, 0.05) is 6.04 Å². The topological polar surface area (TPSA) is 86.1 Å². The van der Waals surface area contributed by atoms with Crippen molar-refractivity contribution in [3.63, 3.8) is 0 Å². The minimum Gasteiger partial charge on any atom is -0.462 e. The molecule has 2 heterocycles. The molecule has 9 heteroatoms. The lowest BCUT2D eigenvalue weighted by Crippen LogP contribution is -2.13. The summed E-state index contributed by atoms with van der Waals surface area (Å²) >= 11 is 2.59. The Hall–Kier alpha value is -1.87. The quantitative estimate of drug-likeness (QED) is 0.599. The number of nitrogens with one attached hydrogen (secondary N) is 1. The number of aryl methyl sites for hydroxylation is 1. The van der Waals surface area contributed by atoms with Crippen LogP contribution in [-0.2, 0) is 9.53 Å². The summed E-state index contributed by atoms with van der Waals surface area (Å²) in [5.74, 6) is -0.244. The van der Waals surface area contributed by atoms with Crippen LogP contribution in [0, 0.1) is 6.92 Å². The molecule has 128 valence electrons. The molecular weight excluding hydrogens is 348 g/mol. The number of rotatable bonds is 7. The Labute approximate surface area is 147 Å². The Kier molecular flexibility index (Phi) is 5.20. The van der Waals surface area contributed by atoms with Crippen LogP contribution in [0.5, 0.6) is 0 Å². The fraction of sp³-hybridized carbons (Fsp3) is 0.467. The number of carbonyl (C=O) groups excluding carboxylic acids is 2. The fourth-order valence-electron chi connectivity index (χ4n) is 2.19. The van der Waals surface area contributed by atoms with E-state index in [1.165, 1.54) is 23.1 Å². The van der Waals surface area contributed by atoms with Gasteiger partial charge < -0.3 is 14.6 Å². The zero-order chi connectivity index (χ0) is 17.1. The smallest absolute Gasteiger partial charge is 0.348 e. The van der Waals surface area contributed by atoms with Crippen LogP contribution in [0.1, 0.15) is 41.0 Å². The van der Waals surface area contributed by atoms with Crippen molar-refractivity contribution in [2.24, 2.45) is 0 Å². The largest absolute Gasteiger partial charge is 0.462 e. The van der Waals surface area contributed by atoms with E-state index < -0.39 is 0 Å². The third-order valence-corrected chi connectivity index (χ3v) is 5.54. The summed E-state index contributed by atoms with van der Waals surface area (Å²) in [4.78, 5) is 24.4. The summed E-state index contributed by atoms with van der Waals surface area (Å²) in [6.45, 7) is 3.92. The molecule has 1 N–H and O–H groups in total. The third kappa shape index (κ3) is 3.96. The minimum absolute atomic E-state index is 0.137. The van der Waals surface area contributed by atoms with Gasteiger partial charge in [-0.05, 0) is 38.3 Å². The molecule has 0 atom stereocenters. The zero-order valence-corrected chi connectivity index (χ0v) is 15.1. The molecule has 2 aromatic rings. The number of amides is 1. The van der Waals surface area contributed by atoms with Crippen molar-refractivity contribution >= 4 is 40.0 Å². The molecule has 24 heavy (non-hydrogen) atoms. The number of esters is 1. The van der Waals surface area contributed by atoms with Crippen LogP contribution in [-0.4, -0.2) is 39.0 Å². The van der Waals surface area contributed by atoms with Gasteiger partial charge in [0.2, 0.25) is 5.91 Å². The Balaban J connectivity index is 1.56. The standard InChI is InChI=1S/C15H18N4O3S2/c1-3-22-14(21)13-9(2)6-12(24-13)17-11(20)7-23-15-18-16-8-19(15)10-4-5-10/h6,8,10H,3-5,7H2,1-2H3,(H,17,20). The molecule has 0 bridgehead atoms. The second-order valence-electron chi connectivity index (χ2n) is 5.43. The number of hydrogen-bond donors (Lipinski definition) is 1. The molecule has 1 aliphatic carbocycles. The maximum absolute atomic E-state index is 12.1. The van der Waals surface area contributed by atoms with Crippen LogP contribution in [0.4, 0.5) is 5.00 Å². The number of nitrogens with zero attached hydrogens (tertiary/aromatic N) is 3. The molecule has 7 nitrogen and oxygen atoms in total. The Morgan fingerprint density at radius 3 is 3.00 bits per heavy atom. The van der Waals surface area contributed by atoms with E-state index in [1.807, 2.05) is 11.5 Å². The number of aromatic nitrogens is 3. The zero-order valence-electron chi connectivity index (χ0n) is 13.4. The SMILES string of the molecule is CCOC(=O)c1sc(NC(=O)CSc2nncn2C2CC2)cc1C. The van der Waals surface area contributed by atoms with Crippen LogP contribution in [0.3, 0.4) is 0 Å². The molecule has 0 radical (unpaired) electrons. The average Bonchev–Trinajstić information content (AvgIpc) is 3.16. The minimum atomic E-state index is -0.354. The molecular formula is C15H18N4O3S2. The van der Waals surface area contributed by atoms with Crippen molar-refractivity contribution < 1.29 is 14.3 Å². The van der Waals surface area contributed by atoms with Gasteiger partial charge in [-0.3, -0.25) is 4.79 Å². The van der Waals surface area contributed by atoms with E-state index in [0.717, 1.165) is 23.6 Å². The second kappa shape index (κ2) is 7.35. The van der Waals surface area contributed by atoms with Crippen molar-refractivity contribution in [1.29, 1.82) is 0 Å². The Bertz CT molecular complexity index is 752. The van der Waals surface area contributed by atoms with Crippen molar-refractivity contribution in [2.75, 3.05) is 17.7 Å². The molecule has 0 aromatic carbocycles. The lowest BCUT2D eigenvalue weighted by Gasteiger charge is -2.04. The average molecular weight is 366 g/mol. The van der Waals surface area contributed by atoms with Gasteiger partial charge in [0.05, 0.1) is 17.4 Å². The molecule has 1 aliphatic rings. The third-order valence-electron chi connectivity index (χ3n) is 3.45. The van der Waals surface area contributed by atoms with Crippen molar-refractivity contribution in [2.45, 2.75) is 37.9 Å². The van der Waals surface area contributed by atoms with E-state index in [0.29, 0.717) is 22.5 Å². The van der Waals surface area contributed by atoms with Gasteiger partial charge in [0.25, 0.3) is 0 Å². The van der Waals surface area contributed by atoms with E-state index in [1.54, 1.807) is 19.3 Å². The van der Waals surface area contributed by atoms with Crippen LogP contribution in [0.2, 0.25) is 0 Å². The molecule has 2 aromatic heterocycles. The van der Waals surface area contributed by atoms with Crippen molar-refractivity contribution in [1.82, 2.24) is 14.8 Å². The fourth-order valence-corrected chi connectivity index (χ4v) is 3.95. The number of thioether (sulfide) groups is 1. The summed E-state index contributed by atoms with van der Waals surface area (Å²) < 4.78 is 7.02. The highest BCUT2D eigenvalue weighted by Crippen LogP contribution is 2.37. The highest BCUT2D eigenvalue weighted by molar-refractivity contribution is 7.99. The molecule has 3 rings (SSSR count). The number of anilines is 1. The van der Waals surface area contributed by atoms with Gasteiger partial charge in [0.15, 0.2) is 5.16 Å². The van der Waals surface area contributed by atoms with Gasteiger partial charge in [-0.2, -0.15) is 0 Å². The summed E-state index contributed by atoms with van der Waals surface area (Å²) in [6, 6.07) is 2.27. The highest BCUT2D eigenvalue weighted by Gasteiger charge is 2.26. The van der Waals surface area contributed by atoms with Crippen LogP contribution in [0.15, 0.2) is 17.6 Å². The number of ether oxygens (including phenoxy) is 1. The molecule has 1 saturated carbocycles. The Morgan fingerprint density at radius 2 is 2.29 bits per heavy atom. The van der Waals surface area contributed by atoms with Crippen molar-refractivity contribution in [3.8, 4) is 0 Å². The summed E-state index contributed by atoms with van der Waals surface area (Å²) in [6.07, 6.45) is 4.00. The van der Waals surface area contributed by atoms with Crippen LogP contribution in [0.25, 0.3) is 0 Å². The first-order chi connectivity index (χ1) is 11.6. The highest BCUT2D eigenvalue weighted by atomic mass is 32.2. The normalized spacial score (nSPS) is 13.8. The molecule has 0 aliphatic heterocycles. The maximum Gasteiger partial charge on any atom is 0.348 e. The monoisotopic (exact) mass is 366 g/mol. The molecule has 1 fully saturated rings. The van der Waals surface area contributed by atoms with Crippen molar-refractivity contribution in [3.05, 3.63) is 22.8 Å². The number of thiophene rings is 1. The van der Waals surface area contributed by atoms with Gasteiger partial charge in [-0.25, -0.2) is 4.79 Å². The molecule has 0 unspecified atom stereocenters. The molecule has 0 spiro atoms. The van der Waals surface area contributed by atoms with E-state index in [9.17, 15) is 9.59 Å². The second-order valence-corrected chi connectivity index (χ2v) is 7.43.